The second-order valence-electron chi connectivity index (χ2n) is 10.9. The van der Waals surface area contributed by atoms with Gasteiger partial charge in [0, 0.05) is 30.9 Å². The van der Waals surface area contributed by atoms with Gasteiger partial charge in [-0.1, -0.05) is 61.2 Å². The van der Waals surface area contributed by atoms with Crippen LogP contribution in [0.3, 0.4) is 0 Å². The topological polar surface area (TPSA) is 42.4 Å². The fourth-order valence-corrected chi connectivity index (χ4v) is 4.87. The number of ether oxygens (including phenoxy) is 1. The van der Waals surface area contributed by atoms with E-state index in [9.17, 15) is 4.79 Å². The summed E-state index contributed by atoms with van der Waals surface area (Å²) in [5, 5.41) is 0. The van der Waals surface area contributed by atoms with Gasteiger partial charge in [0.1, 0.15) is 5.60 Å². The van der Waals surface area contributed by atoms with Crippen LogP contribution in [0.15, 0.2) is 79.5 Å². The van der Waals surface area contributed by atoms with Gasteiger partial charge in [-0.25, -0.2) is 4.79 Å². The van der Waals surface area contributed by atoms with Crippen LogP contribution in [0.25, 0.3) is 11.1 Å². The van der Waals surface area contributed by atoms with E-state index in [2.05, 4.69) is 79.2 Å². The highest BCUT2D eigenvalue weighted by Gasteiger charge is 2.24. The Bertz CT molecular complexity index is 1300. The maximum atomic E-state index is 12.4. The van der Waals surface area contributed by atoms with Crippen molar-refractivity contribution < 1.29 is 9.53 Å². The fraction of sp³-hybridized carbons (Fsp3) is 0.333. The minimum atomic E-state index is -0.480. The highest BCUT2D eigenvalue weighted by Crippen LogP contribution is 2.36. The van der Waals surface area contributed by atoms with Gasteiger partial charge < -0.3 is 9.64 Å². The third-order valence-corrected chi connectivity index (χ3v) is 6.86. The lowest BCUT2D eigenvalue weighted by Crippen LogP contribution is -2.39. The minimum Gasteiger partial charge on any atom is -0.444 e. The van der Waals surface area contributed by atoms with Crippen LogP contribution in [0.1, 0.15) is 73.0 Å². The molecule has 1 aliphatic heterocycles. The summed E-state index contributed by atoms with van der Waals surface area (Å²) in [4.78, 5) is 18.5. The highest BCUT2D eigenvalue weighted by molar-refractivity contribution is 5.73. The molecule has 192 valence electrons. The van der Waals surface area contributed by atoms with E-state index in [0.29, 0.717) is 13.1 Å². The Morgan fingerprint density at radius 1 is 1.08 bits per heavy atom. The molecule has 4 heteroatoms. The molecular formula is C33H38N2O2. The number of nitrogens with zero attached hydrogens (tertiary/aromatic N) is 2. The van der Waals surface area contributed by atoms with E-state index in [1.54, 1.807) is 4.90 Å². The van der Waals surface area contributed by atoms with Gasteiger partial charge in [0.2, 0.25) is 0 Å². The number of amides is 1. The van der Waals surface area contributed by atoms with Crippen molar-refractivity contribution in [1.29, 1.82) is 0 Å². The first-order valence-corrected chi connectivity index (χ1v) is 13.0. The first kappa shape index (κ1) is 26.4. The lowest BCUT2D eigenvalue weighted by atomic mass is 9.82. The summed E-state index contributed by atoms with van der Waals surface area (Å²) in [6.45, 7) is 15.6. The molecule has 1 aliphatic rings. The van der Waals surface area contributed by atoms with Crippen molar-refractivity contribution in [3.8, 4) is 0 Å². The Balaban J connectivity index is 1.54. The first-order valence-electron chi connectivity index (χ1n) is 13.0. The number of benzene rings is 2. The van der Waals surface area contributed by atoms with Crippen molar-refractivity contribution in [3.63, 3.8) is 0 Å². The van der Waals surface area contributed by atoms with Gasteiger partial charge in [0.15, 0.2) is 0 Å². The maximum Gasteiger partial charge on any atom is 0.410 e. The van der Waals surface area contributed by atoms with Crippen LogP contribution in [0.2, 0.25) is 0 Å². The minimum absolute atomic E-state index is 0.208. The van der Waals surface area contributed by atoms with E-state index in [-0.39, 0.29) is 12.0 Å². The van der Waals surface area contributed by atoms with Crippen molar-refractivity contribution in [2.75, 3.05) is 13.1 Å². The van der Waals surface area contributed by atoms with Gasteiger partial charge in [-0.15, -0.1) is 0 Å². The molecule has 1 aromatic heterocycles. The zero-order valence-corrected chi connectivity index (χ0v) is 22.8. The summed E-state index contributed by atoms with van der Waals surface area (Å²) in [6, 6.07) is 21.7. The van der Waals surface area contributed by atoms with E-state index < -0.39 is 5.60 Å². The molecule has 0 bridgehead atoms. The second-order valence-corrected chi connectivity index (χ2v) is 10.9. The standard InChI is InChI=1S/C33H38N2O2/c1-23-9-7-8-10-30(23)31(21-24(2)29-15-18-34-25(3)22-29)28-13-11-26(12-14-28)27-16-19-35(20-17-27)32(36)37-33(4,5)6/h7-16,18,22,31H,2,17,19-21H2,1,3-6H3/t31-/m1/s1. The number of hydrogen-bond donors (Lipinski definition) is 0. The van der Waals surface area contributed by atoms with Crippen LogP contribution in [-0.4, -0.2) is 34.7 Å². The molecule has 0 aliphatic carbocycles. The lowest BCUT2D eigenvalue weighted by Gasteiger charge is -2.29. The molecule has 37 heavy (non-hydrogen) atoms. The van der Waals surface area contributed by atoms with Gasteiger partial charge in [-0.2, -0.15) is 0 Å². The molecule has 4 rings (SSSR count). The monoisotopic (exact) mass is 494 g/mol. The van der Waals surface area contributed by atoms with Gasteiger partial charge in [-0.3, -0.25) is 4.98 Å². The molecular weight excluding hydrogens is 456 g/mol. The van der Waals surface area contributed by atoms with Crippen molar-refractivity contribution in [1.82, 2.24) is 9.88 Å². The molecule has 1 amide bonds. The normalized spacial score (nSPS) is 14.6. The number of aryl methyl sites for hydroxylation is 2. The number of aromatic nitrogens is 1. The average Bonchev–Trinajstić information content (AvgIpc) is 2.87. The molecule has 2 aromatic carbocycles. The third-order valence-electron chi connectivity index (χ3n) is 6.86. The Morgan fingerprint density at radius 2 is 1.81 bits per heavy atom. The largest absolute Gasteiger partial charge is 0.444 e. The van der Waals surface area contributed by atoms with Crippen molar-refractivity contribution in [2.45, 2.75) is 59.0 Å². The molecule has 4 nitrogen and oxygen atoms in total. The predicted octanol–water partition coefficient (Wildman–Crippen LogP) is 7.96. The van der Waals surface area contributed by atoms with Crippen LogP contribution >= 0.6 is 0 Å². The van der Waals surface area contributed by atoms with Gasteiger partial charge in [0.05, 0.1) is 0 Å². The number of hydrogen-bond acceptors (Lipinski definition) is 3. The van der Waals surface area contributed by atoms with E-state index in [1.165, 1.54) is 27.8 Å². The summed E-state index contributed by atoms with van der Waals surface area (Å²) < 4.78 is 5.53. The Kier molecular flexibility index (Phi) is 7.97. The molecule has 0 radical (unpaired) electrons. The van der Waals surface area contributed by atoms with Gasteiger partial charge in [-0.05, 0) is 98.6 Å². The molecule has 1 atom stereocenters. The zero-order chi connectivity index (χ0) is 26.6. The molecule has 0 fully saturated rings. The summed E-state index contributed by atoms with van der Waals surface area (Å²) in [7, 11) is 0. The fourth-order valence-electron chi connectivity index (χ4n) is 4.87. The summed E-state index contributed by atoms with van der Waals surface area (Å²) in [5.74, 6) is 0.208. The predicted molar refractivity (Wildman–Crippen MR) is 152 cm³/mol. The molecule has 3 aromatic rings. The van der Waals surface area contributed by atoms with Crippen LogP contribution in [0, 0.1) is 13.8 Å². The van der Waals surface area contributed by atoms with Crippen molar-refractivity contribution in [3.05, 3.63) is 113 Å². The average molecular weight is 495 g/mol. The molecule has 0 N–H and O–H groups in total. The molecule has 2 heterocycles. The lowest BCUT2D eigenvalue weighted by molar-refractivity contribution is 0.0270. The number of pyridine rings is 1. The summed E-state index contributed by atoms with van der Waals surface area (Å²) >= 11 is 0. The van der Waals surface area contributed by atoms with E-state index in [0.717, 1.165) is 29.7 Å². The van der Waals surface area contributed by atoms with Crippen molar-refractivity contribution >= 4 is 17.2 Å². The Labute approximate surface area is 221 Å². The van der Waals surface area contributed by atoms with Crippen LogP contribution in [0.4, 0.5) is 4.79 Å². The Hall–Kier alpha value is -3.66. The first-order chi connectivity index (χ1) is 17.6. The van der Waals surface area contributed by atoms with E-state index >= 15 is 0 Å². The smallest absolute Gasteiger partial charge is 0.410 e. The Morgan fingerprint density at radius 3 is 2.43 bits per heavy atom. The van der Waals surface area contributed by atoms with Gasteiger partial charge >= 0.3 is 6.09 Å². The number of rotatable bonds is 6. The highest BCUT2D eigenvalue weighted by atomic mass is 16.6. The molecule has 0 spiro atoms. The van der Waals surface area contributed by atoms with Crippen LogP contribution in [-0.2, 0) is 4.74 Å². The maximum absolute atomic E-state index is 12.4. The second kappa shape index (κ2) is 11.2. The third kappa shape index (κ3) is 6.76. The van der Waals surface area contributed by atoms with Gasteiger partial charge in [0.25, 0.3) is 0 Å². The molecule has 0 saturated heterocycles. The quantitative estimate of drug-likeness (QED) is 0.349. The van der Waals surface area contributed by atoms with E-state index in [1.807, 2.05) is 40.0 Å². The number of carbonyl (C=O) groups is 1. The molecule has 0 saturated carbocycles. The van der Waals surface area contributed by atoms with Crippen molar-refractivity contribution in [2.24, 2.45) is 0 Å². The molecule has 0 unspecified atom stereocenters. The summed E-state index contributed by atoms with van der Waals surface area (Å²) in [5.41, 5.74) is 9.14. The zero-order valence-electron chi connectivity index (χ0n) is 22.8. The summed E-state index contributed by atoms with van der Waals surface area (Å²) in [6.07, 6.45) is 5.41. The van der Waals surface area contributed by atoms with Crippen LogP contribution < -0.4 is 0 Å². The number of allylic oxidation sites excluding steroid dienone is 1. The van der Waals surface area contributed by atoms with Crippen LogP contribution in [0.5, 0.6) is 0 Å². The van der Waals surface area contributed by atoms with E-state index in [4.69, 9.17) is 4.74 Å². The number of carbonyl (C=O) groups excluding carboxylic acids is 1. The SMILES string of the molecule is C=C(C[C@H](c1ccc(C2=CCN(C(=O)OC(C)(C)C)CC2)cc1)c1ccccc1C)c1ccnc(C)c1.